The van der Waals surface area contributed by atoms with Crippen molar-refractivity contribution in [1.29, 1.82) is 0 Å². The molecule has 5 nitrogen and oxygen atoms in total. The molecule has 2 heterocycles. The van der Waals surface area contributed by atoms with E-state index in [9.17, 15) is 13.9 Å². The van der Waals surface area contributed by atoms with E-state index >= 15 is 0 Å². The summed E-state index contributed by atoms with van der Waals surface area (Å²) in [5, 5.41) is 11.7. The third-order valence-corrected chi connectivity index (χ3v) is 5.56. The molecular formula is C19H24F2N4OS. The maximum absolute atomic E-state index is 13.6. The van der Waals surface area contributed by atoms with Crippen molar-refractivity contribution < 1.29 is 13.9 Å². The monoisotopic (exact) mass is 394 g/mol. The van der Waals surface area contributed by atoms with E-state index in [1.165, 1.54) is 30.1 Å². The van der Waals surface area contributed by atoms with Gasteiger partial charge in [0, 0.05) is 26.2 Å². The molecule has 8 heteroatoms. The molecule has 1 atom stereocenters. The fraction of sp³-hybridized carbons (Fsp3) is 0.474. The van der Waals surface area contributed by atoms with Crippen LogP contribution in [0.1, 0.15) is 25.3 Å². The molecule has 1 aliphatic heterocycles. The predicted octanol–water partition coefficient (Wildman–Crippen LogP) is 3.24. The summed E-state index contributed by atoms with van der Waals surface area (Å²) < 4.78 is 26.9. The Morgan fingerprint density at radius 3 is 2.41 bits per heavy atom. The minimum absolute atomic E-state index is 0.319. The van der Waals surface area contributed by atoms with E-state index in [-0.39, 0.29) is 5.82 Å². The summed E-state index contributed by atoms with van der Waals surface area (Å²) in [6, 6.07) is 6.04. The number of halogens is 2. The zero-order valence-electron chi connectivity index (χ0n) is 15.5. The number of nitrogens with zero attached hydrogens (tertiary/aromatic N) is 4. The van der Waals surface area contributed by atoms with Gasteiger partial charge in [0.1, 0.15) is 16.6 Å². The normalized spacial score (nSPS) is 17.7. The number of aliphatic hydroxyl groups is 1. The Hall–Kier alpha value is -1.77. The molecule has 0 saturated carbocycles. The molecule has 0 radical (unpaired) electrons. The van der Waals surface area contributed by atoms with Crippen LogP contribution in [0.2, 0.25) is 0 Å². The molecule has 0 amide bonds. The molecule has 1 aromatic heterocycles. The van der Waals surface area contributed by atoms with Crippen molar-refractivity contribution in [2.45, 2.75) is 30.5 Å². The number of hydrogen-bond donors (Lipinski definition) is 1. The van der Waals surface area contributed by atoms with E-state index in [4.69, 9.17) is 0 Å². The van der Waals surface area contributed by atoms with Crippen LogP contribution in [0.15, 0.2) is 35.5 Å². The lowest BCUT2D eigenvalue weighted by Gasteiger charge is -2.45. The molecule has 3 rings (SSSR count). The number of benzene rings is 1. The lowest BCUT2D eigenvalue weighted by atomic mass is 9.95. The first-order valence-electron chi connectivity index (χ1n) is 9.03. The van der Waals surface area contributed by atoms with Gasteiger partial charge in [-0.2, -0.15) is 0 Å². The van der Waals surface area contributed by atoms with E-state index in [1.54, 1.807) is 18.4 Å². The maximum Gasteiger partial charge on any atom is 0.226 e. The van der Waals surface area contributed by atoms with E-state index in [1.807, 2.05) is 16.7 Å². The largest absolute Gasteiger partial charge is 0.371 e. The van der Waals surface area contributed by atoms with Crippen LogP contribution < -0.4 is 4.90 Å². The second kappa shape index (κ2) is 8.50. The Balaban J connectivity index is 1.75. The van der Waals surface area contributed by atoms with Gasteiger partial charge in [0.2, 0.25) is 5.95 Å². The van der Waals surface area contributed by atoms with Crippen molar-refractivity contribution in [2.24, 2.45) is 0 Å². The summed E-state index contributed by atoms with van der Waals surface area (Å²) in [5.74, 6) is -0.236. The van der Waals surface area contributed by atoms with Gasteiger partial charge in [0.25, 0.3) is 0 Å². The molecule has 0 aliphatic carbocycles. The molecule has 2 aromatic rings. The Labute approximate surface area is 162 Å². The van der Waals surface area contributed by atoms with E-state index < -0.39 is 11.5 Å². The van der Waals surface area contributed by atoms with Crippen LogP contribution in [0.5, 0.6) is 0 Å². The van der Waals surface area contributed by atoms with Crippen molar-refractivity contribution in [3.8, 4) is 0 Å². The van der Waals surface area contributed by atoms with Gasteiger partial charge in [0.05, 0.1) is 6.20 Å². The molecule has 1 fully saturated rings. The standard InChI is InChI=1S/C19H24F2N4OS/c1-3-8-19(26,14-4-6-15(20)7-5-14)25-11-9-24(10-12-25)18-22-13-16(21)17(23-18)27-2/h4-7,13,26H,3,8-12H2,1-2H3. The fourth-order valence-corrected chi connectivity index (χ4v) is 3.89. The Morgan fingerprint density at radius 1 is 1.15 bits per heavy atom. The minimum atomic E-state index is -1.14. The van der Waals surface area contributed by atoms with E-state index in [0.717, 1.165) is 6.42 Å². The number of anilines is 1. The first-order chi connectivity index (χ1) is 13.0. The van der Waals surface area contributed by atoms with Gasteiger partial charge in [-0.25, -0.2) is 18.7 Å². The Bertz CT molecular complexity index is 769. The lowest BCUT2D eigenvalue weighted by Crippen LogP contribution is -2.56. The van der Waals surface area contributed by atoms with Crippen LogP contribution in [0.25, 0.3) is 0 Å². The molecule has 1 aromatic carbocycles. The molecule has 1 aliphatic rings. The highest BCUT2D eigenvalue weighted by atomic mass is 32.2. The quantitative estimate of drug-likeness (QED) is 0.600. The molecular weight excluding hydrogens is 370 g/mol. The second-order valence-electron chi connectivity index (χ2n) is 6.57. The number of aromatic nitrogens is 2. The van der Waals surface area contributed by atoms with Gasteiger partial charge in [-0.1, -0.05) is 25.5 Å². The van der Waals surface area contributed by atoms with E-state index in [2.05, 4.69) is 9.97 Å². The molecule has 1 unspecified atom stereocenters. The number of rotatable bonds is 6. The summed E-state index contributed by atoms with van der Waals surface area (Å²) >= 11 is 1.25. The highest BCUT2D eigenvalue weighted by Crippen LogP contribution is 2.32. The second-order valence-corrected chi connectivity index (χ2v) is 7.37. The molecule has 27 heavy (non-hydrogen) atoms. The number of hydrogen-bond acceptors (Lipinski definition) is 6. The van der Waals surface area contributed by atoms with Gasteiger partial charge in [-0.15, -0.1) is 11.8 Å². The van der Waals surface area contributed by atoms with Crippen molar-refractivity contribution in [3.63, 3.8) is 0 Å². The first kappa shape index (κ1) is 20.0. The zero-order chi connectivity index (χ0) is 19.4. The van der Waals surface area contributed by atoms with E-state index in [0.29, 0.717) is 49.1 Å². The van der Waals surface area contributed by atoms with Gasteiger partial charge in [-0.05, 0) is 30.4 Å². The summed E-state index contributed by atoms with van der Waals surface area (Å²) in [5.41, 5.74) is -0.440. The summed E-state index contributed by atoms with van der Waals surface area (Å²) in [6.45, 7) is 4.45. The Kier molecular flexibility index (Phi) is 6.29. The predicted molar refractivity (Wildman–Crippen MR) is 103 cm³/mol. The Morgan fingerprint density at radius 2 is 1.81 bits per heavy atom. The van der Waals surface area contributed by atoms with Gasteiger partial charge in [0.15, 0.2) is 5.82 Å². The van der Waals surface area contributed by atoms with Crippen molar-refractivity contribution in [3.05, 3.63) is 47.7 Å². The first-order valence-corrected chi connectivity index (χ1v) is 10.3. The summed E-state index contributed by atoms with van der Waals surface area (Å²) in [6.07, 6.45) is 4.34. The SMILES string of the molecule is CCCC(O)(c1ccc(F)cc1)N1CCN(c2ncc(F)c(SC)n2)CC1. The highest BCUT2D eigenvalue weighted by Gasteiger charge is 2.37. The lowest BCUT2D eigenvalue weighted by molar-refractivity contribution is -0.125. The van der Waals surface area contributed by atoms with Gasteiger partial charge in [-0.3, -0.25) is 4.90 Å². The van der Waals surface area contributed by atoms with Crippen LogP contribution in [-0.4, -0.2) is 52.4 Å². The highest BCUT2D eigenvalue weighted by molar-refractivity contribution is 7.98. The minimum Gasteiger partial charge on any atom is -0.371 e. The topological polar surface area (TPSA) is 52.5 Å². The van der Waals surface area contributed by atoms with Crippen molar-refractivity contribution >= 4 is 17.7 Å². The van der Waals surface area contributed by atoms with Crippen LogP contribution in [0, 0.1) is 11.6 Å². The maximum atomic E-state index is 13.6. The van der Waals surface area contributed by atoms with Crippen LogP contribution in [0.3, 0.4) is 0 Å². The fourth-order valence-electron chi connectivity index (χ4n) is 3.47. The molecule has 1 N–H and O–H groups in total. The molecule has 0 bridgehead atoms. The average molecular weight is 394 g/mol. The number of piperazine rings is 1. The number of thioether (sulfide) groups is 1. The summed E-state index contributed by atoms with van der Waals surface area (Å²) in [4.78, 5) is 12.4. The third kappa shape index (κ3) is 4.23. The van der Waals surface area contributed by atoms with Crippen LogP contribution >= 0.6 is 11.8 Å². The molecule has 1 saturated heterocycles. The van der Waals surface area contributed by atoms with Crippen LogP contribution in [0.4, 0.5) is 14.7 Å². The molecule has 0 spiro atoms. The smallest absolute Gasteiger partial charge is 0.226 e. The van der Waals surface area contributed by atoms with Crippen LogP contribution in [-0.2, 0) is 5.72 Å². The average Bonchev–Trinajstić information content (AvgIpc) is 2.69. The molecule has 146 valence electrons. The van der Waals surface area contributed by atoms with Crippen molar-refractivity contribution in [2.75, 3.05) is 37.3 Å². The van der Waals surface area contributed by atoms with Gasteiger partial charge < -0.3 is 10.0 Å². The third-order valence-electron chi connectivity index (χ3n) is 4.88. The van der Waals surface area contributed by atoms with Crippen molar-refractivity contribution in [1.82, 2.24) is 14.9 Å². The van der Waals surface area contributed by atoms with Gasteiger partial charge >= 0.3 is 0 Å². The zero-order valence-corrected chi connectivity index (χ0v) is 16.3. The summed E-state index contributed by atoms with van der Waals surface area (Å²) in [7, 11) is 0.